The van der Waals surface area contributed by atoms with E-state index in [1.165, 1.54) is 0 Å². The molecule has 122 valence electrons. The first kappa shape index (κ1) is 16.6. The lowest BCUT2D eigenvalue weighted by Gasteiger charge is -2.09. The van der Waals surface area contributed by atoms with Gasteiger partial charge in [0.2, 0.25) is 5.95 Å². The summed E-state index contributed by atoms with van der Waals surface area (Å²) >= 11 is 11.8. The Kier molecular flexibility index (Phi) is 4.88. The summed E-state index contributed by atoms with van der Waals surface area (Å²) in [5.74, 6) is 0.389. The number of anilines is 2. The van der Waals surface area contributed by atoms with E-state index in [-0.39, 0.29) is 5.56 Å². The van der Waals surface area contributed by atoms with Crippen LogP contribution in [0.15, 0.2) is 53.3 Å². The van der Waals surface area contributed by atoms with Crippen molar-refractivity contribution in [1.82, 2.24) is 9.97 Å². The van der Waals surface area contributed by atoms with Crippen LogP contribution < -0.4 is 10.9 Å². The first-order valence-corrected chi connectivity index (χ1v) is 8.14. The maximum absolute atomic E-state index is 12.4. The van der Waals surface area contributed by atoms with Crippen molar-refractivity contribution >= 4 is 34.8 Å². The Bertz CT molecular complexity index is 920. The van der Waals surface area contributed by atoms with Crippen LogP contribution in [-0.2, 0) is 6.42 Å². The van der Waals surface area contributed by atoms with Crippen molar-refractivity contribution in [1.29, 1.82) is 0 Å². The van der Waals surface area contributed by atoms with E-state index in [0.29, 0.717) is 33.7 Å². The summed E-state index contributed by atoms with van der Waals surface area (Å²) in [6.45, 7) is 1.82. The van der Waals surface area contributed by atoms with Crippen LogP contribution in [0.25, 0.3) is 0 Å². The van der Waals surface area contributed by atoms with Gasteiger partial charge >= 0.3 is 0 Å². The summed E-state index contributed by atoms with van der Waals surface area (Å²) in [5, 5.41) is 4.34. The molecule has 0 radical (unpaired) electrons. The highest BCUT2D eigenvalue weighted by molar-refractivity contribution is 6.31. The second kappa shape index (κ2) is 7.07. The number of rotatable bonds is 4. The van der Waals surface area contributed by atoms with Gasteiger partial charge in [0.15, 0.2) is 0 Å². The van der Waals surface area contributed by atoms with Crippen LogP contribution in [0.1, 0.15) is 16.8 Å². The summed E-state index contributed by atoms with van der Waals surface area (Å²) in [5.41, 5.74) is 2.91. The average molecular weight is 360 g/mol. The second-order valence-corrected chi connectivity index (χ2v) is 6.29. The number of aromatic nitrogens is 2. The summed E-state index contributed by atoms with van der Waals surface area (Å²) < 4.78 is 0. The summed E-state index contributed by atoms with van der Waals surface area (Å²) in [6.07, 6.45) is 0.503. The molecule has 3 rings (SSSR count). The number of aryl methyl sites for hydroxylation is 1. The Hall–Kier alpha value is -2.30. The van der Waals surface area contributed by atoms with Crippen molar-refractivity contribution in [3.63, 3.8) is 0 Å². The van der Waals surface area contributed by atoms with Crippen molar-refractivity contribution < 1.29 is 0 Å². The minimum Gasteiger partial charge on any atom is -0.326 e. The molecule has 0 aliphatic heterocycles. The highest BCUT2D eigenvalue weighted by Crippen LogP contribution is 2.18. The summed E-state index contributed by atoms with van der Waals surface area (Å²) in [4.78, 5) is 19.6. The number of hydrogen-bond acceptors (Lipinski definition) is 3. The van der Waals surface area contributed by atoms with Gasteiger partial charge in [-0.1, -0.05) is 41.4 Å². The zero-order chi connectivity index (χ0) is 17.1. The van der Waals surface area contributed by atoms with E-state index in [0.717, 1.165) is 11.3 Å². The molecular formula is C18H15Cl2N3O. The number of halogens is 2. The Labute approximate surface area is 149 Å². The molecular weight excluding hydrogens is 345 g/mol. The second-order valence-electron chi connectivity index (χ2n) is 5.42. The fourth-order valence-corrected chi connectivity index (χ4v) is 2.70. The zero-order valence-corrected chi connectivity index (χ0v) is 14.4. The number of hydrogen-bond donors (Lipinski definition) is 2. The Balaban J connectivity index is 1.85. The third-order valence-corrected chi connectivity index (χ3v) is 4.09. The van der Waals surface area contributed by atoms with Gasteiger partial charge in [0.25, 0.3) is 5.56 Å². The van der Waals surface area contributed by atoms with Crippen LogP contribution in [-0.4, -0.2) is 9.97 Å². The third-order valence-electron chi connectivity index (χ3n) is 3.60. The lowest BCUT2D eigenvalue weighted by atomic mass is 10.1. The maximum Gasteiger partial charge on any atom is 0.256 e. The van der Waals surface area contributed by atoms with Gasteiger partial charge in [0.1, 0.15) is 0 Å². The molecule has 0 amide bonds. The maximum atomic E-state index is 12.4. The van der Waals surface area contributed by atoms with Crippen molar-refractivity contribution in [2.75, 3.05) is 5.32 Å². The first-order chi connectivity index (χ1) is 11.5. The van der Waals surface area contributed by atoms with Gasteiger partial charge in [-0.2, -0.15) is 0 Å². The topological polar surface area (TPSA) is 57.8 Å². The van der Waals surface area contributed by atoms with E-state index in [1.54, 1.807) is 12.1 Å². The van der Waals surface area contributed by atoms with Gasteiger partial charge in [0.05, 0.1) is 5.69 Å². The summed E-state index contributed by atoms with van der Waals surface area (Å²) in [6, 6.07) is 14.6. The fourth-order valence-electron chi connectivity index (χ4n) is 2.39. The van der Waals surface area contributed by atoms with E-state index in [1.807, 2.05) is 43.3 Å². The number of H-pyrrole nitrogens is 1. The van der Waals surface area contributed by atoms with Crippen LogP contribution in [0, 0.1) is 6.92 Å². The van der Waals surface area contributed by atoms with E-state index in [4.69, 9.17) is 23.2 Å². The van der Waals surface area contributed by atoms with Crippen molar-refractivity contribution in [3.05, 3.63) is 85.8 Å². The molecule has 0 aliphatic carbocycles. The van der Waals surface area contributed by atoms with Gasteiger partial charge in [-0.15, -0.1) is 0 Å². The van der Waals surface area contributed by atoms with Crippen LogP contribution in [0.2, 0.25) is 10.0 Å². The Morgan fingerprint density at radius 1 is 1.08 bits per heavy atom. The van der Waals surface area contributed by atoms with Crippen LogP contribution >= 0.6 is 23.2 Å². The SMILES string of the molecule is Cc1nc(Nc2cccc(Cl)c2)[nH]c(=O)c1Cc1ccc(Cl)cc1. The smallest absolute Gasteiger partial charge is 0.256 e. The molecule has 3 aromatic rings. The van der Waals surface area contributed by atoms with Crippen LogP contribution in [0.3, 0.4) is 0 Å². The molecule has 0 saturated heterocycles. The molecule has 0 fully saturated rings. The van der Waals surface area contributed by atoms with Gasteiger partial charge in [-0.25, -0.2) is 4.98 Å². The monoisotopic (exact) mass is 359 g/mol. The Morgan fingerprint density at radius 2 is 1.83 bits per heavy atom. The highest BCUT2D eigenvalue weighted by Gasteiger charge is 2.09. The molecule has 6 heteroatoms. The molecule has 1 aromatic heterocycles. The van der Waals surface area contributed by atoms with Gasteiger partial charge in [-0.05, 0) is 42.8 Å². The number of benzene rings is 2. The molecule has 4 nitrogen and oxygen atoms in total. The molecule has 0 bridgehead atoms. The molecule has 1 heterocycles. The average Bonchev–Trinajstić information content (AvgIpc) is 2.53. The van der Waals surface area contributed by atoms with Crippen LogP contribution in [0.4, 0.5) is 11.6 Å². The van der Waals surface area contributed by atoms with E-state index < -0.39 is 0 Å². The molecule has 24 heavy (non-hydrogen) atoms. The predicted octanol–water partition coefficient (Wildman–Crippen LogP) is 4.72. The number of aromatic amines is 1. The molecule has 0 saturated carbocycles. The minimum atomic E-state index is -0.165. The van der Waals surface area contributed by atoms with Gasteiger partial charge in [-0.3, -0.25) is 9.78 Å². The van der Waals surface area contributed by atoms with Crippen molar-refractivity contribution in [2.24, 2.45) is 0 Å². The lowest BCUT2D eigenvalue weighted by Crippen LogP contribution is -2.18. The van der Waals surface area contributed by atoms with Crippen molar-refractivity contribution in [3.8, 4) is 0 Å². The molecule has 2 aromatic carbocycles. The third kappa shape index (κ3) is 3.96. The number of nitrogens with zero attached hydrogens (tertiary/aromatic N) is 1. The van der Waals surface area contributed by atoms with Gasteiger partial charge < -0.3 is 5.32 Å². The lowest BCUT2D eigenvalue weighted by molar-refractivity contribution is 0.986. The predicted molar refractivity (Wildman–Crippen MR) is 98.6 cm³/mol. The molecule has 2 N–H and O–H groups in total. The highest BCUT2D eigenvalue weighted by atomic mass is 35.5. The number of nitrogens with one attached hydrogen (secondary N) is 2. The van der Waals surface area contributed by atoms with E-state index >= 15 is 0 Å². The molecule has 0 unspecified atom stereocenters. The normalized spacial score (nSPS) is 10.6. The van der Waals surface area contributed by atoms with Crippen molar-refractivity contribution in [2.45, 2.75) is 13.3 Å². The van der Waals surface area contributed by atoms with Gasteiger partial charge in [0, 0.05) is 27.7 Å². The molecule has 0 atom stereocenters. The standard InChI is InChI=1S/C18H15Cl2N3O/c1-11-16(9-12-5-7-13(19)8-6-12)17(24)23-18(21-11)22-15-4-2-3-14(20)10-15/h2-8,10H,9H2,1H3,(H2,21,22,23,24). The van der Waals surface area contributed by atoms with E-state index in [2.05, 4.69) is 15.3 Å². The molecule has 0 aliphatic rings. The zero-order valence-electron chi connectivity index (χ0n) is 12.9. The largest absolute Gasteiger partial charge is 0.326 e. The Morgan fingerprint density at radius 3 is 2.50 bits per heavy atom. The first-order valence-electron chi connectivity index (χ1n) is 7.38. The quantitative estimate of drug-likeness (QED) is 0.708. The van der Waals surface area contributed by atoms with Crippen LogP contribution in [0.5, 0.6) is 0 Å². The molecule has 0 spiro atoms. The van der Waals surface area contributed by atoms with E-state index in [9.17, 15) is 4.79 Å². The minimum absolute atomic E-state index is 0.165. The fraction of sp³-hybridized carbons (Fsp3) is 0.111. The summed E-state index contributed by atoms with van der Waals surface area (Å²) in [7, 11) is 0.